The Bertz CT molecular complexity index is 1320. The molecule has 0 radical (unpaired) electrons. The van der Waals surface area contributed by atoms with Crippen LogP contribution in [0.4, 0.5) is 0 Å². The van der Waals surface area contributed by atoms with Crippen LogP contribution in [0, 0.1) is 0 Å². The first-order chi connectivity index (χ1) is 32.5. The van der Waals surface area contributed by atoms with Gasteiger partial charge in [0.2, 0.25) is 5.91 Å². The SMILES string of the molecule is CC/C=C\C/C=C\C/C=C\C/C=C\C/C=C\CCCCCCCCCCCCCCCC(=O)NC(COP(=O)([O-])OCC[N+](C)(C)C)C(O)/C=C/CCCCCCCCCCCCCCCC. The summed E-state index contributed by atoms with van der Waals surface area (Å²) in [7, 11) is 1.26. The molecule has 0 aliphatic carbocycles. The number of likely N-dealkylation sites (N-methyl/N-ethyl adjacent to an activating group) is 1. The standard InChI is InChI=1S/C58H107N2O6P/c1-6-8-10-12-14-16-18-20-22-24-25-26-27-28-29-30-31-32-33-34-35-36-38-40-42-44-46-48-50-52-58(62)59-56(55-66-67(63,64)65-54-53-60(3,4)5)57(61)51-49-47-45-43-41-39-37-23-21-19-17-15-13-11-9-7-2/h8,10,14,16,20,22,25-26,28-29,49,51,56-57,61H,6-7,9,11-13,15,17-19,21,23-24,27,30-48,50,52-55H2,1-5H3,(H-,59,62,63,64)/b10-8-,16-14-,22-20-,26-25-,29-28-,51-49+. The van der Waals surface area contributed by atoms with Crippen molar-refractivity contribution in [3.63, 3.8) is 0 Å². The van der Waals surface area contributed by atoms with Gasteiger partial charge in [-0.2, -0.15) is 0 Å². The summed E-state index contributed by atoms with van der Waals surface area (Å²) < 4.78 is 23.3. The Morgan fingerprint density at radius 1 is 0.537 bits per heavy atom. The monoisotopic (exact) mass is 959 g/mol. The van der Waals surface area contributed by atoms with Crippen LogP contribution >= 0.6 is 7.82 Å². The van der Waals surface area contributed by atoms with E-state index in [1.54, 1.807) is 6.08 Å². The number of amides is 1. The molecule has 8 nitrogen and oxygen atoms in total. The van der Waals surface area contributed by atoms with Gasteiger partial charge in [-0.05, 0) is 64.2 Å². The minimum absolute atomic E-state index is 0.00311. The quantitative estimate of drug-likeness (QED) is 0.0272. The molecule has 0 aromatic rings. The van der Waals surface area contributed by atoms with E-state index in [0.29, 0.717) is 17.4 Å². The summed E-state index contributed by atoms with van der Waals surface area (Å²) in [5.41, 5.74) is 0. The largest absolute Gasteiger partial charge is 0.756 e. The average Bonchev–Trinajstić information content (AvgIpc) is 3.29. The second kappa shape index (κ2) is 48.9. The predicted molar refractivity (Wildman–Crippen MR) is 288 cm³/mol. The lowest BCUT2D eigenvalue weighted by atomic mass is 10.0. The second-order valence-electron chi connectivity index (χ2n) is 19.9. The third-order valence-electron chi connectivity index (χ3n) is 12.2. The number of nitrogens with zero attached hydrogens (tertiary/aromatic N) is 1. The fourth-order valence-corrected chi connectivity index (χ4v) is 8.55. The van der Waals surface area contributed by atoms with Gasteiger partial charge < -0.3 is 28.8 Å². The van der Waals surface area contributed by atoms with Crippen LogP contribution in [0.1, 0.15) is 239 Å². The number of hydrogen-bond acceptors (Lipinski definition) is 6. The highest BCUT2D eigenvalue weighted by Gasteiger charge is 2.23. The maximum absolute atomic E-state index is 12.9. The van der Waals surface area contributed by atoms with E-state index >= 15 is 0 Å². The molecule has 0 aliphatic heterocycles. The second-order valence-corrected chi connectivity index (χ2v) is 21.3. The number of phosphoric ester groups is 1. The summed E-state index contributed by atoms with van der Waals surface area (Å²) in [4.78, 5) is 25.5. The molecule has 3 atom stereocenters. The number of carbonyl (C=O) groups is 1. The molecule has 0 aliphatic rings. The van der Waals surface area contributed by atoms with E-state index in [0.717, 1.165) is 70.6 Å². The van der Waals surface area contributed by atoms with Gasteiger partial charge in [0.1, 0.15) is 13.2 Å². The summed E-state index contributed by atoms with van der Waals surface area (Å²) in [6, 6.07) is -0.890. The molecule has 0 spiro atoms. The van der Waals surface area contributed by atoms with Crippen molar-refractivity contribution >= 4 is 13.7 Å². The van der Waals surface area contributed by atoms with Crippen molar-refractivity contribution in [1.29, 1.82) is 0 Å². The highest BCUT2D eigenvalue weighted by Crippen LogP contribution is 2.38. The molecular weight excluding hydrogens is 852 g/mol. The predicted octanol–water partition coefficient (Wildman–Crippen LogP) is 16.1. The van der Waals surface area contributed by atoms with Gasteiger partial charge in [-0.25, -0.2) is 0 Å². The zero-order valence-corrected chi connectivity index (χ0v) is 45.2. The van der Waals surface area contributed by atoms with E-state index in [2.05, 4.69) is 79.9 Å². The Hall–Kier alpha value is -2.06. The summed E-state index contributed by atoms with van der Waals surface area (Å²) in [5.74, 6) is -0.200. The first kappa shape index (κ1) is 64.9. The smallest absolute Gasteiger partial charge is 0.268 e. The molecule has 0 heterocycles. The number of allylic oxidation sites excluding steroid dienone is 11. The molecule has 1 amide bonds. The normalized spacial score (nSPS) is 14.6. The fourth-order valence-electron chi connectivity index (χ4n) is 7.83. The van der Waals surface area contributed by atoms with Crippen molar-refractivity contribution in [3.05, 3.63) is 72.9 Å². The van der Waals surface area contributed by atoms with Crippen molar-refractivity contribution < 1.29 is 32.9 Å². The van der Waals surface area contributed by atoms with E-state index in [1.807, 2.05) is 27.2 Å². The topological polar surface area (TPSA) is 108 Å². The third kappa shape index (κ3) is 51.6. The number of aliphatic hydroxyl groups is 1. The van der Waals surface area contributed by atoms with Crippen LogP contribution in [0.3, 0.4) is 0 Å². The fraction of sp³-hybridized carbons (Fsp3) is 0.776. The zero-order chi connectivity index (χ0) is 49.2. The first-order valence-corrected chi connectivity index (χ1v) is 29.3. The van der Waals surface area contributed by atoms with Crippen LogP contribution in [0.15, 0.2) is 72.9 Å². The molecule has 0 saturated heterocycles. The molecule has 0 saturated carbocycles. The van der Waals surface area contributed by atoms with Gasteiger partial charge in [0, 0.05) is 6.42 Å². The number of carbonyl (C=O) groups excluding carboxylic acids is 1. The highest BCUT2D eigenvalue weighted by atomic mass is 31.2. The van der Waals surface area contributed by atoms with Gasteiger partial charge in [-0.1, -0.05) is 241 Å². The number of aliphatic hydroxyl groups excluding tert-OH is 1. The molecule has 0 fully saturated rings. The maximum atomic E-state index is 12.9. The lowest BCUT2D eigenvalue weighted by Crippen LogP contribution is -2.45. The van der Waals surface area contributed by atoms with Crippen molar-refractivity contribution in [1.82, 2.24) is 5.32 Å². The van der Waals surface area contributed by atoms with Gasteiger partial charge in [-0.3, -0.25) is 9.36 Å². The molecule has 390 valence electrons. The Kier molecular flexibility index (Phi) is 47.4. The number of hydrogen-bond donors (Lipinski definition) is 2. The Balaban J connectivity index is 4.18. The van der Waals surface area contributed by atoms with Gasteiger partial charge >= 0.3 is 0 Å². The zero-order valence-electron chi connectivity index (χ0n) is 44.3. The molecule has 0 bridgehead atoms. The van der Waals surface area contributed by atoms with E-state index in [-0.39, 0.29) is 19.1 Å². The Morgan fingerprint density at radius 2 is 0.910 bits per heavy atom. The summed E-state index contributed by atoms with van der Waals surface area (Å²) in [5, 5.41) is 13.9. The number of quaternary nitrogens is 1. The van der Waals surface area contributed by atoms with Gasteiger partial charge in [0.05, 0.1) is 39.9 Å². The molecule has 0 aromatic heterocycles. The van der Waals surface area contributed by atoms with Crippen LogP contribution < -0.4 is 10.2 Å². The number of rotatable bonds is 50. The van der Waals surface area contributed by atoms with Crippen molar-refractivity contribution in [2.75, 3.05) is 40.9 Å². The Labute approximate surface area is 414 Å². The molecule has 9 heteroatoms. The van der Waals surface area contributed by atoms with Gasteiger partial charge in [0.25, 0.3) is 7.82 Å². The summed E-state index contributed by atoms with van der Waals surface area (Å²) in [6.07, 6.45) is 66.8. The third-order valence-corrected chi connectivity index (χ3v) is 13.1. The number of nitrogens with one attached hydrogen (secondary N) is 1. The van der Waals surface area contributed by atoms with E-state index in [9.17, 15) is 19.4 Å². The summed E-state index contributed by atoms with van der Waals surface area (Å²) in [6.45, 7) is 4.54. The molecular formula is C58H107N2O6P. The lowest BCUT2D eigenvalue weighted by molar-refractivity contribution is -0.870. The molecule has 2 N–H and O–H groups in total. The van der Waals surface area contributed by atoms with Crippen LogP contribution in [0.25, 0.3) is 0 Å². The molecule has 3 unspecified atom stereocenters. The van der Waals surface area contributed by atoms with E-state index < -0.39 is 20.0 Å². The molecule has 0 aromatic carbocycles. The summed E-state index contributed by atoms with van der Waals surface area (Å²) >= 11 is 0. The van der Waals surface area contributed by atoms with Gasteiger partial charge in [-0.15, -0.1) is 0 Å². The van der Waals surface area contributed by atoms with Crippen LogP contribution in [0.2, 0.25) is 0 Å². The minimum Gasteiger partial charge on any atom is -0.756 e. The maximum Gasteiger partial charge on any atom is 0.268 e. The Morgan fingerprint density at radius 3 is 1.33 bits per heavy atom. The van der Waals surface area contributed by atoms with Crippen LogP contribution in [0.5, 0.6) is 0 Å². The van der Waals surface area contributed by atoms with E-state index in [1.165, 1.54) is 148 Å². The van der Waals surface area contributed by atoms with Crippen LogP contribution in [-0.2, 0) is 18.4 Å². The van der Waals surface area contributed by atoms with Crippen molar-refractivity contribution in [3.8, 4) is 0 Å². The minimum atomic E-state index is -4.60. The lowest BCUT2D eigenvalue weighted by Gasteiger charge is -2.29. The highest BCUT2D eigenvalue weighted by molar-refractivity contribution is 7.45. The molecule has 0 rings (SSSR count). The number of unbranched alkanes of at least 4 members (excludes halogenated alkanes) is 27. The van der Waals surface area contributed by atoms with Crippen LogP contribution in [-0.4, -0.2) is 68.5 Å². The van der Waals surface area contributed by atoms with Crippen molar-refractivity contribution in [2.45, 2.75) is 251 Å². The average molecular weight is 959 g/mol. The molecule has 67 heavy (non-hydrogen) atoms. The van der Waals surface area contributed by atoms with Crippen molar-refractivity contribution in [2.24, 2.45) is 0 Å². The van der Waals surface area contributed by atoms with E-state index in [4.69, 9.17) is 9.05 Å². The van der Waals surface area contributed by atoms with Gasteiger partial charge in [0.15, 0.2) is 0 Å². The first-order valence-electron chi connectivity index (χ1n) is 27.8. The number of phosphoric acid groups is 1.